The Hall–Kier alpha value is -1.33. The topological polar surface area (TPSA) is 55.4 Å². The van der Waals surface area contributed by atoms with Crippen molar-refractivity contribution in [1.29, 1.82) is 0 Å². The average Bonchev–Trinajstić information content (AvgIpc) is 2.27. The van der Waals surface area contributed by atoms with Gasteiger partial charge < -0.3 is 4.74 Å². The van der Waals surface area contributed by atoms with Crippen molar-refractivity contribution in [3.05, 3.63) is 36.9 Å². The Morgan fingerprint density at radius 3 is 2.50 bits per heavy atom. The zero-order valence-corrected chi connectivity index (χ0v) is 9.96. The summed E-state index contributed by atoms with van der Waals surface area (Å²) in [7, 11) is -3.37. The highest BCUT2D eigenvalue weighted by Crippen LogP contribution is 2.15. The Morgan fingerprint density at radius 1 is 1.38 bits per heavy atom. The van der Waals surface area contributed by atoms with Gasteiger partial charge in [-0.05, 0) is 24.3 Å². The molecule has 88 valence electrons. The SMILES string of the molecule is C=CCOc1ccc(S(=O)(=O)NCC)cc1. The number of hydrogen-bond acceptors (Lipinski definition) is 3. The molecule has 1 aromatic carbocycles. The molecule has 0 bridgehead atoms. The van der Waals surface area contributed by atoms with E-state index in [-0.39, 0.29) is 4.90 Å². The van der Waals surface area contributed by atoms with Gasteiger partial charge in [0.1, 0.15) is 12.4 Å². The second-order valence-corrected chi connectivity index (χ2v) is 4.84. The number of benzene rings is 1. The highest BCUT2D eigenvalue weighted by molar-refractivity contribution is 7.89. The third-order valence-electron chi connectivity index (χ3n) is 1.84. The van der Waals surface area contributed by atoms with Crippen LogP contribution < -0.4 is 9.46 Å². The first kappa shape index (κ1) is 12.7. The summed E-state index contributed by atoms with van der Waals surface area (Å²) in [5.41, 5.74) is 0. The van der Waals surface area contributed by atoms with E-state index in [1.54, 1.807) is 25.1 Å². The fourth-order valence-corrected chi connectivity index (χ4v) is 2.18. The minimum atomic E-state index is -3.37. The molecule has 1 aromatic rings. The molecule has 0 unspecified atom stereocenters. The molecule has 0 saturated carbocycles. The summed E-state index contributed by atoms with van der Waals surface area (Å²) in [6.45, 7) is 6.04. The van der Waals surface area contributed by atoms with Crippen molar-refractivity contribution >= 4 is 10.0 Å². The predicted octanol–water partition coefficient (Wildman–Crippen LogP) is 1.55. The van der Waals surface area contributed by atoms with Gasteiger partial charge in [0.05, 0.1) is 4.90 Å². The fourth-order valence-electron chi connectivity index (χ4n) is 1.14. The number of hydrogen-bond donors (Lipinski definition) is 1. The summed E-state index contributed by atoms with van der Waals surface area (Å²) in [6, 6.07) is 6.26. The van der Waals surface area contributed by atoms with Crippen molar-refractivity contribution in [3.63, 3.8) is 0 Å². The van der Waals surface area contributed by atoms with Crippen LogP contribution in [-0.2, 0) is 10.0 Å². The third kappa shape index (κ3) is 3.36. The van der Waals surface area contributed by atoms with Crippen LogP contribution in [0.15, 0.2) is 41.8 Å². The fraction of sp³-hybridized carbons (Fsp3) is 0.273. The Morgan fingerprint density at radius 2 is 2.00 bits per heavy atom. The molecule has 0 heterocycles. The molecular formula is C11H15NO3S. The van der Waals surface area contributed by atoms with Gasteiger partial charge >= 0.3 is 0 Å². The van der Waals surface area contributed by atoms with Crippen molar-refractivity contribution in [2.45, 2.75) is 11.8 Å². The molecule has 1 rings (SSSR count). The average molecular weight is 241 g/mol. The van der Waals surface area contributed by atoms with Crippen LogP contribution in [0, 0.1) is 0 Å². The van der Waals surface area contributed by atoms with Crippen LogP contribution in [0.4, 0.5) is 0 Å². The summed E-state index contributed by atoms with van der Waals surface area (Å²) < 4.78 is 30.8. The standard InChI is InChI=1S/C11H15NO3S/c1-3-9-15-10-5-7-11(8-6-10)16(13,14)12-4-2/h3,5-8,12H,1,4,9H2,2H3. The normalized spacial score (nSPS) is 11.1. The zero-order chi connectivity index (χ0) is 12.0. The minimum absolute atomic E-state index is 0.236. The van der Waals surface area contributed by atoms with Gasteiger partial charge in [0.2, 0.25) is 10.0 Å². The van der Waals surface area contributed by atoms with Gasteiger partial charge in [-0.1, -0.05) is 19.6 Å². The molecule has 0 spiro atoms. The number of nitrogens with one attached hydrogen (secondary N) is 1. The van der Waals surface area contributed by atoms with Crippen LogP contribution in [-0.4, -0.2) is 21.6 Å². The molecule has 0 aromatic heterocycles. The maximum absolute atomic E-state index is 11.6. The van der Waals surface area contributed by atoms with Gasteiger partial charge in [0.25, 0.3) is 0 Å². The van der Waals surface area contributed by atoms with E-state index < -0.39 is 10.0 Å². The molecule has 0 saturated heterocycles. The number of sulfonamides is 1. The van der Waals surface area contributed by atoms with E-state index in [0.29, 0.717) is 18.9 Å². The maximum Gasteiger partial charge on any atom is 0.240 e. The molecule has 0 fully saturated rings. The second kappa shape index (κ2) is 5.67. The Labute approximate surface area is 96.0 Å². The van der Waals surface area contributed by atoms with Crippen LogP contribution in [0.1, 0.15) is 6.92 Å². The number of rotatable bonds is 6. The highest BCUT2D eigenvalue weighted by Gasteiger charge is 2.11. The van der Waals surface area contributed by atoms with E-state index in [4.69, 9.17) is 4.74 Å². The lowest BCUT2D eigenvalue weighted by molar-refractivity contribution is 0.363. The minimum Gasteiger partial charge on any atom is -0.490 e. The van der Waals surface area contributed by atoms with E-state index in [2.05, 4.69) is 11.3 Å². The van der Waals surface area contributed by atoms with Gasteiger partial charge in [-0.2, -0.15) is 0 Å². The monoisotopic (exact) mass is 241 g/mol. The molecule has 0 amide bonds. The van der Waals surface area contributed by atoms with Crippen LogP contribution in [0.2, 0.25) is 0 Å². The summed E-state index contributed by atoms with van der Waals surface area (Å²) in [4.78, 5) is 0.236. The lowest BCUT2D eigenvalue weighted by atomic mass is 10.3. The lowest BCUT2D eigenvalue weighted by Gasteiger charge is -2.06. The van der Waals surface area contributed by atoms with Gasteiger partial charge in [-0.15, -0.1) is 0 Å². The molecule has 0 aliphatic carbocycles. The van der Waals surface area contributed by atoms with Crippen molar-refractivity contribution in [3.8, 4) is 5.75 Å². The molecule has 4 nitrogen and oxygen atoms in total. The first-order chi connectivity index (χ1) is 7.60. The Balaban J connectivity index is 2.82. The first-order valence-corrected chi connectivity index (χ1v) is 6.42. The van der Waals surface area contributed by atoms with Crippen LogP contribution in [0.25, 0.3) is 0 Å². The molecule has 0 aliphatic rings. The van der Waals surface area contributed by atoms with E-state index in [0.717, 1.165) is 0 Å². The second-order valence-electron chi connectivity index (χ2n) is 3.07. The smallest absolute Gasteiger partial charge is 0.240 e. The maximum atomic E-state index is 11.6. The molecule has 1 N–H and O–H groups in total. The molecule has 0 radical (unpaired) electrons. The van der Waals surface area contributed by atoms with Crippen molar-refractivity contribution < 1.29 is 13.2 Å². The van der Waals surface area contributed by atoms with Crippen LogP contribution in [0.3, 0.4) is 0 Å². The molecular weight excluding hydrogens is 226 g/mol. The summed E-state index contributed by atoms with van der Waals surface area (Å²) in [5.74, 6) is 0.621. The Bertz CT molecular complexity index is 437. The quantitative estimate of drug-likeness (QED) is 0.769. The van der Waals surface area contributed by atoms with Crippen molar-refractivity contribution in [2.24, 2.45) is 0 Å². The lowest BCUT2D eigenvalue weighted by Crippen LogP contribution is -2.22. The Kier molecular flexibility index (Phi) is 4.52. The van der Waals surface area contributed by atoms with Gasteiger partial charge in [-0.3, -0.25) is 0 Å². The van der Waals surface area contributed by atoms with Gasteiger partial charge in [0.15, 0.2) is 0 Å². The summed E-state index contributed by atoms with van der Waals surface area (Å²) >= 11 is 0. The summed E-state index contributed by atoms with van der Waals surface area (Å²) in [5, 5.41) is 0. The number of ether oxygens (including phenoxy) is 1. The molecule has 16 heavy (non-hydrogen) atoms. The predicted molar refractivity (Wildman–Crippen MR) is 63.0 cm³/mol. The van der Waals surface area contributed by atoms with Crippen molar-refractivity contribution in [1.82, 2.24) is 4.72 Å². The largest absolute Gasteiger partial charge is 0.490 e. The molecule has 0 aliphatic heterocycles. The van der Waals surface area contributed by atoms with Crippen LogP contribution in [0.5, 0.6) is 5.75 Å². The van der Waals surface area contributed by atoms with E-state index in [9.17, 15) is 8.42 Å². The van der Waals surface area contributed by atoms with Crippen LogP contribution >= 0.6 is 0 Å². The third-order valence-corrected chi connectivity index (χ3v) is 3.40. The van der Waals surface area contributed by atoms with Crippen molar-refractivity contribution in [2.75, 3.05) is 13.2 Å². The van der Waals surface area contributed by atoms with E-state index >= 15 is 0 Å². The summed E-state index contributed by atoms with van der Waals surface area (Å²) in [6.07, 6.45) is 1.63. The molecule has 5 heteroatoms. The zero-order valence-electron chi connectivity index (χ0n) is 9.14. The van der Waals surface area contributed by atoms with E-state index in [1.807, 2.05) is 0 Å². The van der Waals surface area contributed by atoms with E-state index in [1.165, 1.54) is 12.1 Å². The van der Waals surface area contributed by atoms with Gasteiger partial charge in [0, 0.05) is 6.54 Å². The van der Waals surface area contributed by atoms with Gasteiger partial charge in [-0.25, -0.2) is 13.1 Å². The highest BCUT2D eigenvalue weighted by atomic mass is 32.2. The molecule has 0 atom stereocenters. The first-order valence-electron chi connectivity index (χ1n) is 4.93.